The minimum Gasteiger partial charge on any atom is -0.448 e. The summed E-state index contributed by atoms with van der Waals surface area (Å²) in [6.07, 6.45) is 3.22. The number of nitrogens with zero attached hydrogens (tertiary/aromatic N) is 4. The average Bonchev–Trinajstić information content (AvgIpc) is 3.22. The van der Waals surface area contributed by atoms with Gasteiger partial charge in [-0.05, 0) is 43.0 Å². The molecule has 0 aliphatic carbocycles. The molecule has 1 aromatic heterocycles. The molecule has 35 heavy (non-hydrogen) atoms. The summed E-state index contributed by atoms with van der Waals surface area (Å²) in [5, 5.41) is 16.8. The number of nitrogens with two attached hydrogens (primary N) is 1. The summed E-state index contributed by atoms with van der Waals surface area (Å²) in [5.41, 5.74) is 6.17. The van der Waals surface area contributed by atoms with Crippen molar-refractivity contribution in [3.05, 3.63) is 41.8 Å². The van der Waals surface area contributed by atoms with Crippen LogP contribution in [0.25, 0.3) is 0 Å². The molecule has 188 valence electrons. The van der Waals surface area contributed by atoms with E-state index < -0.39 is 27.7 Å². The fraction of sp³-hybridized carbons (Fsp3) is 0.455. The number of anilines is 2. The standard InChI is InChI=1S/C22H27FN6O5S/c1-35(32,33)13-12-34-22(31)28-10-7-15(8-11-28)19(6-9-24)29-14-18(20(25)30)21(27-29)26-17-4-2-16(23)3-5-17/h2-5,14-15,19H,6-8,10-13H2,1H3,(H2,25,30)(H,26,27). The van der Waals surface area contributed by atoms with Crippen molar-refractivity contribution in [2.75, 3.05) is 37.0 Å². The van der Waals surface area contributed by atoms with Crippen LogP contribution < -0.4 is 11.1 Å². The number of likely N-dealkylation sites (tertiary alicyclic amines) is 1. The van der Waals surface area contributed by atoms with Crippen LogP contribution in [0.2, 0.25) is 0 Å². The van der Waals surface area contributed by atoms with Gasteiger partial charge in [0.1, 0.15) is 18.0 Å². The van der Waals surface area contributed by atoms with E-state index in [-0.39, 0.29) is 42.1 Å². The Morgan fingerprint density at radius 3 is 2.54 bits per heavy atom. The van der Waals surface area contributed by atoms with Gasteiger partial charge in [0.15, 0.2) is 15.7 Å². The lowest BCUT2D eigenvalue weighted by Crippen LogP contribution is -2.41. The fourth-order valence-corrected chi connectivity index (χ4v) is 4.30. The molecule has 11 nitrogen and oxygen atoms in total. The predicted octanol–water partition coefficient (Wildman–Crippen LogP) is 2.21. The zero-order valence-corrected chi connectivity index (χ0v) is 20.0. The van der Waals surface area contributed by atoms with Gasteiger partial charge in [0.25, 0.3) is 5.91 Å². The second-order valence-electron chi connectivity index (χ2n) is 8.37. The molecule has 2 aromatic rings. The van der Waals surface area contributed by atoms with Gasteiger partial charge >= 0.3 is 6.09 Å². The van der Waals surface area contributed by atoms with Gasteiger partial charge in [0.2, 0.25) is 0 Å². The van der Waals surface area contributed by atoms with Gasteiger partial charge in [-0.2, -0.15) is 10.4 Å². The number of piperidine rings is 1. The first-order valence-corrected chi connectivity index (χ1v) is 13.0. The van der Waals surface area contributed by atoms with Gasteiger partial charge in [-0.3, -0.25) is 9.48 Å². The highest BCUT2D eigenvalue weighted by atomic mass is 32.2. The monoisotopic (exact) mass is 506 g/mol. The zero-order valence-electron chi connectivity index (χ0n) is 19.2. The number of hydrogen-bond donors (Lipinski definition) is 2. The van der Waals surface area contributed by atoms with Crippen molar-refractivity contribution in [3.63, 3.8) is 0 Å². The Morgan fingerprint density at radius 2 is 1.97 bits per heavy atom. The third kappa shape index (κ3) is 7.16. The van der Waals surface area contributed by atoms with E-state index in [9.17, 15) is 27.7 Å². The van der Waals surface area contributed by atoms with E-state index in [1.54, 1.807) is 4.68 Å². The van der Waals surface area contributed by atoms with Crippen LogP contribution >= 0.6 is 0 Å². The number of halogens is 1. The van der Waals surface area contributed by atoms with Crippen LogP contribution in [0.3, 0.4) is 0 Å². The highest BCUT2D eigenvalue weighted by Gasteiger charge is 2.31. The summed E-state index contributed by atoms with van der Waals surface area (Å²) in [6, 6.07) is 7.31. The van der Waals surface area contributed by atoms with E-state index in [2.05, 4.69) is 16.5 Å². The Kier molecular flexibility index (Phi) is 8.29. The largest absolute Gasteiger partial charge is 0.448 e. The minimum absolute atomic E-state index is 0.0194. The number of nitrogens with one attached hydrogen (secondary N) is 1. The van der Waals surface area contributed by atoms with E-state index in [0.29, 0.717) is 31.6 Å². The molecular formula is C22H27FN6O5S. The van der Waals surface area contributed by atoms with E-state index in [0.717, 1.165) is 6.26 Å². The van der Waals surface area contributed by atoms with Gasteiger partial charge in [0, 0.05) is 31.2 Å². The molecule has 13 heteroatoms. The summed E-state index contributed by atoms with van der Waals surface area (Å²) in [5.74, 6) is -1.18. The summed E-state index contributed by atoms with van der Waals surface area (Å²) < 4.78 is 42.2. The Balaban J connectivity index is 1.69. The molecule has 0 radical (unpaired) electrons. The number of carbonyl (C=O) groups is 2. The molecule has 2 heterocycles. The Morgan fingerprint density at radius 1 is 1.31 bits per heavy atom. The molecule has 1 aromatic carbocycles. The van der Waals surface area contributed by atoms with Gasteiger partial charge in [-0.15, -0.1) is 0 Å². The smallest absolute Gasteiger partial charge is 0.409 e. The second kappa shape index (κ2) is 11.2. The number of hydrogen-bond acceptors (Lipinski definition) is 8. The van der Waals surface area contributed by atoms with Crippen LogP contribution in [0.1, 0.15) is 35.7 Å². The molecular weight excluding hydrogens is 479 g/mol. The van der Waals surface area contributed by atoms with E-state index in [4.69, 9.17) is 10.5 Å². The van der Waals surface area contributed by atoms with Crippen LogP contribution in [0.15, 0.2) is 30.5 Å². The molecule has 1 saturated heterocycles. The molecule has 1 aliphatic heterocycles. The Labute approximate surface area is 202 Å². The summed E-state index contributed by atoms with van der Waals surface area (Å²) in [6.45, 7) is 0.533. The molecule has 1 unspecified atom stereocenters. The van der Waals surface area contributed by atoms with Crippen LogP contribution in [0, 0.1) is 23.1 Å². The topological polar surface area (TPSA) is 160 Å². The van der Waals surface area contributed by atoms with E-state index >= 15 is 0 Å². The van der Waals surface area contributed by atoms with Crippen molar-refractivity contribution in [3.8, 4) is 6.07 Å². The maximum atomic E-state index is 13.2. The lowest BCUT2D eigenvalue weighted by Gasteiger charge is -2.34. The first kappa shape index (κ1) is 26.0. The van der Waals surface area contributed by atoms with Crippen molar-refractivity contribution in [2.24, 2.45) is 11.7 Å². The van der Waals surface area contributed by atoms with Crippen LogP contribution in [-0.4, -0.2) is 66.8 Å². The number of rotatable bonds is 9. The number of nitriles is 1. The van der Waals surface area contributed by atoms with Crippen molar-refractivity contribution >= 4 is 33.3 Å². The van der Waals surface area contributed by atoms with Gasteiger partial charge in [-0.1, -0.05) is 0 Å². The van der Waals surface area contributed by atoms with Gasteiger partial charge in [0.05, 0.1) is 24.3 Å². The number of carbonyl (C=O) groups excluding carboxylic acids is 2. The van der Waals surface area contributed by atoms with Crippen molar-refractivity contribution in [1.29, 1.82) is 5.26 Å². The van der Waals surface area contributed by atoms with E-state index in [1.165, 1.54) is 35.4 Å². The van der Waals surface area contributed by atoms with Crippen LogP contribution in [0.4, 0.5) is 20.7 Å². The van der Waals surface area contributed by atoms with Crippen LogP contribution in [-0.2, 0) is 14.6 Å². The second-order valence-corrected chi connectivity index (χ2v) is 10.6. The Hall–Kier alpha value is -3.66. The van der Waals surface area contributed by atoms with Gasteiger partial charge in [-0.25, -0.2) is 17.6 Å². The SMILES string of the molecule is CS(=O)(=O)CCOC(=O)N1CCC(C(CC#N)n2cc(C(N)=O)c(Nc3ccc(F)cc3)n2)CC1. The molecule has 1 aliphatic rings. The lowest BCUT2D eigenvalue weighted by molar-refractivity contribution is 0.0844. The third-order valence-corrected chi connectivity index (χ3v) is 6.67. The molecule has 0 bridgehead atoms. The predicted molar refractivity (Wildman–Crippen MR) is 125 cm³/mol. The highest BCUT2D eigenvalue weighted by Crippen LogP contribution is 2.33. The number of primary amides is 1. The molecule has 0 spiro atoms. The number of sulfone groups is 1. The molecule has 3 N–H and O–H groups in total. The first-order valence-electron chi connectivity index (χ1n) is 11.0. The molecule has 2 amide bonds. The van der Waals surface area contributed by atoms with Crippen LogP contribution in [0.5, 0.6) is 0 Å². The maximum absolute atomic E-state index is 13.2. The zero-order chi connectivity index (χ0) is 25.6. The van der Waals surface area contributed by atoms with Gasteiger partial charge < -0.3 is 20.7 Å². The minimum atomic E-state index is -3.23. The molecule has 1 atom stereocenters. The molecule has 0 saturated carbocycles. The van der Waals surface area contributed by atoms with E-state index in [1.807, 2.05) is 0 Å². The molecule has 3 rings (SSSR count). The normalized spacial score (nSPS) is 15.3. The number of benzene rings is 1. The number of amides is 2. The highest BCUT2D eigenvalue weighted by molar-refractivity contribution is 7.90. The summed E-state index contributed by atoms with van der Waals surface area (Å²) in [4.78, 5) is 25.7. The first-order chi connectivity index (χ1) is 16.6. The number of ether oxygens (including phenoxy) is 1. The molecule has 1 fully saturated rings. The summed E-state index contributed by atoms with van der Waals surface area (Å²) >= 11 is 0. The van der Waals surface area contributed by atoms with Crippen molar-refractivity contribution in [1.82, 2.24) is 14.7 Å². The third-order valence-electron chi connectivity index (χ3n) is 5.77. The average molecular weight is 507 g/mol. The fourth-order valence-electron chi connectivity index (χ4n) is 3.91. The van der Waals surface area contributed by atoms with Crippen molar-refractivity contribution in [2.45, 2.75) is 25.3 Å². The number of aromatic nitrogens is 2. The Bertz CT molecular complexity index is 1200. The maximum Gasteiger partial charge on any atom is 0.409 e. The lowest BCUT2D eigenvalue weighted by atomic mass is 9.88. The van der Waals surface area contributed by atoms with Crippen molar-refractivity contribution < 1.29 is 27.1 Å². The quantitative estimate of drug-likeness (QED) is 0.523. The summed E-state index contributed by atoms with van der Waals surface area (Å²) in [7, 11) is -3.23.